The summed E-state index contributed by atoms with van der Waals surface area (Å²) < 4.78 is 110. The van der Waals surface area contributed by atoms with Crippen LogP contribution in [0.2, 0.25) is 20.1 Å². The molecule has 2 heterocycles. The summed E-state index contributed by atoms with van der Waals surface area (Å²) in [6.07, 6.45) is -9.65. The molecule has 3 aromatic rings. The van der Waals surface area contributed by atoms with E-state index < -0.39 is 56.0 Å². The fourth-order valence-electron chi connectivity index (χ4n) is 5.59. The summed E-state index contributed by atoms with van der Waals surface area (Å²) in [5.74, 6) is -2.10. The van der Waals surface area contributed by atoms with Crippen molar-refractivity contribution in [2.24, 2.45) is 0 Å². The lowest BCUT2D eigenvalue weighted by Crippen LogP contribution is -2.45. The number of likely N-dealkylation sites (tertiary alicyclic amines) is 1. The van der Waals surface area contributed by atoms with E-state index in [4.69, 9.17) is 46.4 Å². The molecule has 2 aliphatic heterocycles. The van der Waals surface area contributed by atoms with Crippen LogP contribution in [-0.2, 0) is 17.4 Å². The summed E-state index contributed by atoms with van der Waals surface area (Å²) >= 11 is 22.8. The van der Waals surface area contributed by atoms with E-state index in [9.17, 15) is 35.1 Å². The number of alkyl halides is 6. The van der Waals surface area contributed by atoms with Gasteiger partial charge in [-0.15, -0.1) is 0 Å². The van der Waals surface area contributed by atoms with Gasteiger partial charge in [-0.2, -0.15) is 26.3 Å². The van der Waals surface area contributed by atoms with Crippen LogP contribution in [0.25, 0.3) is 0 Å². The fourth-order valence-corrected chi connectivity index (χ4v) is 6.58. The van der Waals surface area contributed by atoms with Crippen molar-refractivity contribution in [3.05, 3.63) is 103 Å². The van der Waals surface area contributed by atoms with Crippen LogP contribution in [0.15, 0.2) is 54.6 Å². The largest absolute Gasteiger partial charge is 0.399 e. The van der Waals surface area contributed by atoms with E-state index in [-0.39, 0.29) is 49.1 Å². The molecule has 14 heteroatoms. The maximum Gasteiger partial charge on any atom is 0.399 e. The quantitative estimate of drug-likeness (QED) is 0.216. The Hall–Kier alpha value is -1.82. The molecule has 1 N–H and O–H groups in total. The number of halogens is 12. The number of hydrogen-bond donors (Lipinski definition) is 1. The van der Waals surface area contributed by atoms with Gasteiger partial charge in [0.15, 0.2) is 0 Å². The summed E-state index contributed by atoms with van der Waals surface area (Å²) in [7, 11) is 0. The van der Waals surface area contributed by atoms with Gasteiger partial charge >= 0.3 is 12.4 Å². The normalized spacial score (nSPS) is 22.9. The lowest BCUT2D eigenvalue weighted by atomic mass is 9.78. The zero-order valence-corrected chi connectivity index (χ0v) is 25.2. The smallest absolute Gasteiger partial charge is 0.315 e. The van der Waals surface area contributed by atoms with Crippen molar-refractivity contribution in [2.75, 3.05) is 26.2 Å². The molecule has 2 unspecified atom stereocenters. The Labute approximate surface area is 262 Å². The molecule has 0 aromatic heterocycles. The first-order valence-corrected chi connectivity index (χ1v) is 14.4. The molecule has 0 spiro atoms. The van der Waals surface area contributed by atoms with Crippen molar-refractivity contribution in [1.82, 2.24) is 10.2 Å². The van der Waals surface area contributed by atoms with Crippen molar-refractivity contribution >= 4 is 46.4 Å². The monoisotopic (exact) mass is 692 g/mol. The zero-order valence-electron chi connectivity index (χ0n) is 22.1. The second kappa shape index (κ2) is 12.9. The number of benzene rings is 3. The Kier molecular flexibility index (Phi) is 10.2. The van der Waals surface area contributed by atoms with Gasteiger partial charge in [0, 0.05) is 40.8 Å². The van der Waals surface area contributed by atoms with Crippen molar-refractivity contribution in [3.8, 4) is 0 Å². The summed E-state index contributed by atoms with van der Waals surface area (Å²) in [4.78, 5) is 1.68. The average Bonchev–Trinajstić information content (AvgIpc) is 3.58. The average molecular weight is 694 g/mol. The first kappa shape index (κ1) is 34.1. The maximum atomic E-state index is 14.5. The van der Waals surface area contributed by atoms with Crippen molar-refractivity contribution in [1.29, 1.82) is 0 Å². The predicted octanol–water partition coefficient (Wildman–Crippen LogP) is 9.76. The molecule has 3 aromatic carbocycles. The van der Waals surface area contributed by atoms with Crippen LogP contribution < -0.4 is 5.32 Å². The highest BCUT2D eigenvalue weighted by atomic mass is 35.5. The lowest BCUT2D eigenvalue weighted by Gasteiger charge is -2.33. The standard InChI is InChI=1S/C18H15Cl2F4N.C11H9Cl2F4N/c19-13-8-14(16(21)15(20)9-13)17(18(22,23)24)6-7-25(11-17)10-12-4-2-1-3-5-12;12-6-3-7(9(14)8(13)4-6)10(11(15,16)17)1-2-18-5-10/h1-5,8-9H,6-7,10-11H2;3-4,18H,1-2,5H2. The molecule has 0 amide bonds. The third-order valence-electron chi connectivity index (χ3n) is 7.86. The first-order valence-electron chi connectivity index (χ1n) is 12.9. The van der Waals surface area contributed by atoms with Crippen LogP contribution in [-0.4, -0.2) is 43.4 Å². The van der Waals surface area contributed by atoms with E-state index >= 15 is 0 Å². The van der Waals surface area contributed by atoms with Crippen LogP contribution in [0.4, 0.5) is 35.1 Å². The predicted molar refractivity (Wildman–Crippen MR) is 152 cm³/mol. The highest BCUT2D eigenvalue weighted by Gasteiger charge is 2.60. The summed E-state index contributed by atoms with van der Waals surface area (Å²) in [5, 5.41) is 1.81. The first-order chi connectivity index (χ1) is 20.0. The SMILES string of the molecule is Fc1c(Cl)cc(Cl)cc1C1(C(F)(F)F)CCN(Cc2ccccc2)C1.Fc1c(Cl)cc(Cl)cc1C1(C(F)(F)F)CCNC1. The summed E-state index contributed by atoms with van der Waals surface area (Å²) in [5.41, 5.74) is -4.64. The van der Waals surface area contributed by atoms with Gasteiger partial charge in [-0.05, 0) is 55.8 Å². The van der Waals surface area contributed by atoms with Crippen molar-refractivity contribution in [2.45, 2.75) is 42.6 Å². The van der Waals surface area contributed by atoms with Gasteiger partial charge < -0.3 is 5.32 Å². The molecule has 2 atom stereocenters. The topological polar surface area (TPSA) is 15.3 Å². The van der Waals surface area contributed by atoms with E-state index in [0.717, 1.165) is 29.8 Å². The van der Waals surface area contributed by atoms with Gasteiger partial charge in [-0.3, -0.25) is 4.90 Å². The molecular formula is C29H24Cl4F8N2. The third kappa shape index (κ3) is 6.89. The molecule has 0 radical (unpaired) electrons. The lowest BCUT2D eigenvalue weighted by molar-refractivity contribution is -0.188. The number of rotatable bonds is 4. The number of nitrogens with one attached hydrogen (secondary N) is 1. The molecule has 43 heavy (non-hydrogen) atoms. The molecule has 5 rings (SSSR count). The molecular weight excluding hydrogens is 670 g/mol. The minimum absolute atomic E-state index is 0.00748. The Morgan fingerprint density at radius 1 is 0.721 bits per heavy atom. The van der Waals surface area contributed by atoms with Gasteiger partial charge in [-0.1, -0.05) is 76.7 Å². The van der Waals surface area contributed by atoms with Gasteiger partial charge in [0.25, 0.3) is 0 Å². The van der Waals surface area contributed by atoms with E-state index in [1.165, 1.54) is 0 Å². The highest BCUT2D eigenvalue weighted by Crippen LogP contribution is 2.50. The van der Waals surface area contributed by atoms with Gasteiger partial charge in [0.1, 0.15) is 22.5 Å². The Morgan fingerprint density at radius 2 is 1.23 bits per heavy atom. The van der Waals surface area contributed by atoms with E-state index in [0.29, 0.717) is 6.54 Å². The van der Waals surface area contributed by atoms with Crippen molar-refractivity contribution in [3.63, 3.8) is 0 Å². The fraction of sp³-hybridized carbons (Fsp3) is 0.379. The van der Waals surface area contributed by atoms with Gasteiger partial charge in [-0.25, -0.2) is 8.78 Å². The van der Waals surface area contributed by atoms with E-state index in [1.807, 2.05) is 30.3 Å². The molecule has 2 aliphatic rings. The highest BCUT2D eigenvalue weighted by molar-refractivity contribution is 6.35. The Morgan fingerprint density at radius 3 is 1.70 bits per heavy atom. The number of hydrogen-bond acceptors (Lipinski definition) is 2. The van der Waals surface area contributed by atoms with Gasteiger partial charge in [0.2, 0.25) is 0 Å². The summed E-state index contributed by atoms with van der Waals surface area (Å²) in [6, 6.07) is 13.5. The Bertz CT molecular complexity index is 1440. The van der Waals surface area contributed by atoms with E-state index in [2.05, 4.69) is 5.32 Å². The minimum Gasteiger partial charge on any atom is -0.315 e. The third-order valence-corrected chi connectivity index (χ3v) is 8.84. The molecule has 2 fully saturated rings. The second-order valence-corrected chi connectivity index (χ2v) is 12.2. The number of nitrogens with zero attached hydrogens (tertiary/aromatic N) is 1. The van der Waals surface area contributed by atoms with Crippen LogP contribution in [0.1, 0.15) is 29.5 Å². The zero-order chi connectivity index (χ0) is 31.8. The van der Waals surface area contributed by atoms with Crippen LogP contribution >= 0.6 is 46.4 Å². The minimum atomic E-state index is -4.62. The van der Waals surface area contributed by atoms with Crippen LogP contribution in [0.5, 0.6) is 0 Å². The van der Waals surface area contributed by atoms with Crippen LogP contribution in [0, 0.1) is 11.6 Å². The molecule has 2 nitrogen and oxygen atoms in total. The Balaban J connectivity index is 0.000000208. The second-order valence-electron chi connectivity index (χ2n) is 10.5. The molecule has 2 saturated heterocycles. The summed E-state index contributed by atoms with van der Waals surface area (Å²) in [6.45, 7) is 0.0404. The molecule has 0 saturated carbocycles. The van der Waals surface area contributed by atoms with Crippen molar-refractivity contribution < 1.29 is 35.1 Å². The van der Waals surface area contributed by atoms with E-state index in [1.54, 1.807) is 4.90 Å². The van der Waals surface area contributed by atoms with Crippen LogP contribution in [0.3, 0.4) is 0 Å². The molecule has 234 valence electrons. The maximum absolute atomic E-state index is 14.5. The molecule has 0 aliphatic carbocycles. The molecule has 0 bridgehead atoms. The van der Waals surface area contributed by atoms with Gasteiger partial charge in [0.05, 0.1) is 10.0 Å².